The summed E-state index contributed by atoms with van der Waals surface area (Å²) in [7, 11) is 0. The predicted octanol–water partition coefficient (Wildman–Crippen LogP) is 3.33. The molecule has 1 aromatic heterocycles. The van der Waals surface area contributed by atoms with Gasteiger partial charge in [-0.1, -0.05) is 28.0 Å². The summed E-state index contributed by atoms with van der Waals surface area (Å²) in [5.74, 6) is -3.85. The Morgan fingerprint density at radius 1 is 1.44 bits per heavy atom. The topological polar surface area (TPSA) is 48.2 Å². The largest absolute Gasteiger partial charge is 0.367 e. The molecule has 0 bridgehead atoms. The minimum atomic E-state index is -4.17. The maximum atomic E-state index is 12.5. The Bertz CT molecular complexity index is 375. The van der Waals surface area contributed by atoms with Crippen molar-refractivity contribution in [3.8, 4) is 0 Å². The minimum absolute atomic E-state index is 0.0352. The molecule has 0 saturated heterocycles. The standard InChI is InChI=1S/C9H11BrF4N2O2/c1-2-5(10)7-15-6(16-18-7)3-17-4-9(13,14)8(11)12/h5,8H,2-4H2,1H3. The van der Waals surface area contributed by atoms with Crippen LogP contribution in [-0.2, 0) is 11.3 Å². The van der Waals surface area contributed by atoms with Crippen molar-refractivity contribution in [2.45, 2.75) is 37.1 Å². The van der Waals surface area contributed by atoms with E-state index >= 15 is 0 Å². The van der Waals surface area contributed by atoms with Crippen LogP contribution in [0.25, 0.3) is 0 Å². The van der Waals surface area contributed by atoms with Crippen molar-refractivity contribution < 1.29 is 26.8 Å². The molecule has 0 fully saturated rings. The van der Waals surface area contributed by atoms with Gasteiger partial charge in [-0.05, 0) is 6.42 Å². The van der Waals surface area contributed by atoms with Gasteiger partial charge in [-0.3, -0.25) is 0 Å². The van der Waals surface area contributed by atoms with Gasteiger partial charge in [-0.2, -0.15) is 13.8 Å². The quantitative estimate of drug-likeness (QED) is 0.566. The van der Waals surface area contributed by atoms with Gasteiger partial charge in [0, 0.05) is 0 Å². The number of nitrogens with zero attached hydrogens (tertiary/aromatic N) is 2. The highest BCUT2D eigenvalue weighted by molar-refractivity contribution is 9.09. The number of hydrogen-bond donors (Lipinski definition) is 0. The molecular weight excluding hydrogens is 324 g/mol. The van der Waals surface area contributed by atoms with Gasteiger partial charge in [0.2, 0.25) is 5.89 Å². The van der Waals surface area contributed by atoms with Crippen LogP contribution in [0.1, 0.15) is 29.9 Å². The van der Waals surface area contributed by atoms with Crippen LogP contribution in [0.15, 0.2) is 4.52 Å². The summed E-state index contributed by atoms with van der Waals surface area (Å²) in [6.45, 7) is 0.0816. The highest BCUT2D eigenvalue weighted by Gasteiger charge is 2.41. The summed E-state index contributed by atoms with van der Waals surface area (Å²) in [4.78, 5) is 3.73. The number of hydrogen-bond acceptors (Lipinski definition) is 4. The third-order valence-corrected chi connectivity index (χ3v) is 2.99. The zero-order chi connectivity index (χ0) is 13.8. The first-order valence-electron chi connectivity index (χ1n) is 5.07. The first-order valence-corrected chi connectivity index (χ1v) is 5.98. The van der Waals surface area contributed by atoms with Crippen LogP contribution in [0, 0.1) is 0 Å². The maximum Gasteiger partial charge on any atom is 0.330 e. The molecule has 0 aliphatic rings. The van der Waals surface area contributed by atoms with Crippen molar-refractivity contribution in [2.24, 2.45) is 0 Å². The van der Waals surface area contributed by atoms with E-state index in [4.69, 9.17) is 4.52 Å². The molecule has 0 aliphatic carbocycles. The molecule has 1 aromatic rings. The molecule has 0 amide bonds. The molecule has 9 heteroatoms. The number of rotatable bonds is 7. The number of halogens is 5. The van der Waals surface area contributed by atoms with Crippen LogP contribution in [0.4, 0.5) is 17.6 Å². The Hall–Kier alpha value is -0.700. The molecule has 1 rings (SSSR count). The Kier molecular flexibility index (Phi) is 5.51. The van der Waals surface area contributed by atoms with Gasteiger partial charge in [0.05, 0.1) is 4.83 Å². The van der Waals surface area contributed by atoms with E-state index in [0.29, 0.717) is 6.42 Å². The fraction of sp³-hybridized carbons (Fsp3) is 0.778. The third kappa shape index (κ3) is 4.20. The van der Waals surface area contributed by atoms with E-state index in [9.17, 15) is 17.6 Å². The molecule has 0 radical (unpaired) electrons. The van der Waals surface area contributed by atoms with Gasteiger partial charge in [0.1, 0.15) is 13.2 Å². The fourth-order valence-electron chi connectivity index (χ4n) is 0.969. The lowest BCUT2D eigenvalue weighted by Crippen LogP contribution is -2.32. The van der Waals surface area contributed by atoms with Crippen LogP contribution < -0.4 is 0 Å². The van der Waals surface area contributed by atoms with Crippen LogP contribution >= 0.6 is 15.9 Å². The zero-order valence-electron chi connectivity index (χ0n) is 9.38. The van der Waals surface area contributed by atoms with Gasteiger partial charge in [0.25, 0.3) is 0 Å². The lowest BCUT2D eigenvalue weighted by molar-refractivity contribution is -0.168. The summed E-state index contributed by atoms with van der Waals surface area (Å²) in [5.41, 5.74) is 0. The summed E-state index contributed by atoms with van der Waals surface area (Å²) in [5, 5.41) is 3.48. The third-order valence-electron chi connectivity index (χ3n) is 1.96. The molecule has 0 N–H and O–H groups in total. The predicted molar refractivity (Wildman–Crippen MR) is 56.9 cm³/mol. The second kappa shape index (κ2) is 6.46. The van der Waals surface area contributed by atoms with Crippen molar-refractivity contribution in [2.75, 3.05) is 6.61 Å². The molecule has 1 heterocycles. The SMILES string of the molecule is CCC(Br)c1nc(COCC(F)(F)C(F)F)no1. The summed E-state index contributed by atoms with van der Waals surface area (Å²) in [6.07, 6.45) is -3.06. The molecule has 104 valence electrons. The highest BCUT2D eigenvalue weighted by Crippen LogP contribution is 2.25. The van der Waals surface area contributed by atoms with E-state index in [1.165, 1.54) is 0 Å². The number of aromatic nitrogens is 2. The molecule has 0 spiro atoms. The molecule has 1 unspecified atom stereocenters. The molecule has 0 saturated carbocycles. The average Bonchev–Trinajstić information content (AvgIpc) is 2.76. The molecular formula is C9H11BrF4N2O2. The summed E-state index contributed by atoms with van der Waals surface area (Å²) < 4.78 is 57.9. The average molecular weight is 335 g/mol. The first-order chi connectivity index (χ1) is 8.36. The molecule has 0 aromatic carbocycles. The number of alkyl halides is 5. The molecule has 18 heavy (non-hydrogen) atoms. The highest BCUT2D eigenvalue weighted by atomic mass is 79.9. The monoisotopic (exact) mass is 334 g/mol. The van der Waals surface area contributed by atoms with E-state index in [1.54, 1.807) is 0 Å². The van der Waals surface area contributed by atoms with Gasteiger partial charge in [0.15, 0.2) is 5.82 Å². The second-order valence-electron chi connectivity index (χ2n) is 3.48. The Balaban J connectivity index is 2.43. The Morgan fingerprint density at radius 3 is 2.67 bits per heavy atom. The van der Waals surface area contributed by atoms with E-state index in [2.05, 4.69) is 30.8 Å². The van der Waals surface area contributed by atoms with Crippen molar-refractivity contribution in [1.82, 2.24) is 10.1 Å². The van der Waals surface area contributed by atoms with Gasteiger partial charge in [-0.25, -0.2) is 8.78 Å². The van der Waals surface area contributed by atoms with Crippen molar-refractivity contribution in [1.29, 1.82) is 0 Å². The van der Waals surface area contributed by atoms with E-state index < -0.39 is 25.6 Å². The van der Waals surface area contributed by atoms with Crippen molar-refractivity contribution in [3.05, 3.63) is 11.7 Å². The zero-order valence-corrected chi connectivity index (χ0v) is 11.0. The van der Waals surface area contributed by atoms with Crippen molar-refractivity contribution in [3.63, 3.8) is 0 Å². The van der Waals surface area contributed by atoms with Crippen LogP contribution in [0.2, 0.25) is 0 Å². The van der Waals surface area contributed by atoms with Crippen molar-refractivity contribution >= 4 is 15.9 Å². The van der Waals surface area contributed by atoms with Crippen LogP contribution in [0.3, 0.4) is 0 Å². The lowest BCUT2D eigenvalue weighted by Gasteiger charge is -2.14. The summed E-state index contributed by atoms with van der Waals surface area (Å²) in [6, 6.07) is 0. The molecule has 4 nitrogen and oxygen atoms in total. The van der Waals surface area contributed by atoms with E-state index in [0.717, 1.165) is 0 Å². The smallest absolute Gasteiger partial charge is 0.330 e. The maximum absolute atomic E-state index is 12.5. The second-order valence-corrected chi connectivity index (χ2v) is 4.58. The van der Waals surface area contributed by atoms with Crippen LogP contribution in [-0.4, -0.2) is 29.1 Å². The van der Waals surface area contributed by atoms with Gasteiger partial charge < -0.3 is 9.26 Å². The van der Waals surface area contributed by atoms with Crippen LogP contribution in [0.5, 0.6) is 0 Å². The van der Waals surface area contributed by atoms with E-state index in [-0.39, 0.29) is 16.5 Å². The number of ether oxygens (including phenoxy) is 1. The first kappa shape index (κ1) is 15.4. The Morgan fingerprint density at radius 2 is 2.11 bits per heavy atom. The normalized spacial score (nSPS) is 14.2. The van der Waals surface area contributed by atoms with E-state index in [1.807, 2.05) is 6.92 Å². The molecule has 1 atom stereocenters. The summed E-state index contributed by atoms with van der Waals surface area (Å²) >= 11 is 3.26. The van der Waals surface area contributed by atoms with Gasteiger partial charge in [-0.15, -0.1) is 0 Å². The molecule has 0 aliphatic heterocycles. The Labute approximate surface area is 109 Å². The lowest BCUT2D eigenvalue weighted by atomic mass is 10.3. The van der Waals surface area contributed by atoms with Gasteiger partial charge >= 0.3 is 12.3 Å². The fourth-order valence-corrected chi connectivity index (χ4v) is 1.16. The minimum Gasteiger partial charge on any atom is -0.367 e.